The van der Waals surface area contributed by atoms with Crippen LogP contribution in [0.15, 0.2) is 42.5 Å². The number of aliphatic hydroxyl groups is 2. The van der Waals surface area contributed by atoms with Gasteiger partial charge in [0.1, 0.15) is 11.6 Å². The zero-order valence-electron chi connectivity index (χ0n) is 21.8. The van der Waals surface area contributed by atoms with Gasteiger partial charge in [-0.25, -0.2) is 8.78 Å². The van der Waals surface area contributed by atoms with E-state index in [4.69, 9.17) is 0 Å². The molecule has 1 saturated carbocycles. The second-order valence-corrected chi connectivity index (χ2v) is 11.3. The van der Waals surface area contributed by atoms with Crippen LogP contribution in [0, 0.1) is 17.6 Å². The van der Waals surface area contributed by atoms with E-state index in [9.17, 15) is 23.8 Å². The Morgan fingerprint density at radius 1 is 1.11 bits per heavy atom. The summed E-state index contributed by atoms with van der Waals surface area (Å²) in [4.78, 5) is 11.9. The van der Waals surface area contributed by atoms with Gasteiger partial charge >= 0.3 is 0 Å². The average Bonchev–Trinajstić information content (AvgIpc) is 2.81. The summed E-state index contributed by atoms with van der Waals surface area (Å²) in [6.45, 7) is 8.22. The van der Waals surface area contributed by atoms with E-state index in [1.54, 1.807) is 0 Å². The summed E-state index contributed by atoms with van der Waals surface area (Å²) in [7, 11) is 0. The first-order chi connectivity index (χ1) is 16.9. The number of carbonyl (C=O) groups is 1. The van der Waals surface area contributed by atoms with Crippen molar-refractivity contribution in [1.29, 1.82) is 0 Å². The minimum atomic E-state index is -0.988. The number of amides is 1. The summed E-state index contributed by atoms with van der Waals surface area (Å²) in [6, 6.07) is 11.0. The Morgan fingerprint density at radius 3 is 2.31 bits per heavy atom. The summed E-state index contributed by atoms with van der Waals surface area (Å²) in [5, 5.41) is 27.2. The normalized spacial score (nSPS) is 22.2. The third-order valence-corrected chi connectivity index (χ3v) is 7.38. The van der Waals surface area contributed by atoms with Crippen LogP contribution in [-0.4, -0.2) is 41.4 Å². The Bertz CT molecular complexity index is 1010. The highest BCUT2D eigenvalue weighted by Crippen LogP contribution is 2.40. The number of halogens is 2. The van der Waals surface area contributed by atoms with E-state index in [2.05, 4.69) is 55.7 Å². The van der Waals surface area contributed by atoms with Gasteiger partial charge in [0.2, 0.25) is 5.91 Å². The van der Waals surface area contributed by atoms with Crippen molar-refractivity contribution in [3.63, 3.8) is 0 Å². The molecule has 0 spiro atoms. The van der Waals surface area contributed by atoms with Crippen LogP contribution in [0.5, 0.6) is 0 Å². The lowest BCUT2D eigenvalue weighted by Gasteiger charge is -2.43. The van der Waals surface area contributed by atoms with Crippen molar-refractivity contribution < 1.29 is 23.8 Å². The fourth-order valence-electron chi connectivity index (χ4n) is 5.17. The van der Waals surface area contributed by atoms with Gasteiger partial charge in [0.05, 0.1) is 12.1 Å². The molecule has 0 saturated heterocycles. The maximum atomic E-state index is 13.7. The van der Waals surface area contributed by atoms with Crippen molar-refractivity contribution >= 4 is 5.91 Å². The molecule has 198 valence electrons. The first-order valence-corrected chi connectivity index (χ1v) is 12.8. The number of nitrogens with one attached hydrogen (secondary N) is 2. The van der Waals surface area contributed by atoms with Gasteiger partial charge in [0, 0.05) is 31.7 Å². The minimum Gasteiger partial charge on any atom is -0.396 e. The van der Waals surface area contributed by atoms with Crippen molar-refractivity contribution in [1.82, 2.24) is 10.6 Å². The summed E-state index contributed by atoms with van der Waals surface area (Å²) in [5.41, 5.74) is 2.31. The highest BCUT2D eigenvalue weighted by atomic mass is 19.1. The Balaban J connectivity index is 1.83. The lowest BCUT2D eigenvalue weighted by molar-refractivity contribution is -0.120. The summed E-state index contributed by atoms with van der Waals surface area (Å²) in [5.74, 6) is -1.47. The molecule has 0 aromatic heterocycles. The van der Waals surface area contributed by atoms with E-state index in [0.29, 0.717) is 5.56 Å². The van der Waals surface area contributed by atoms with Crippen LogP contribution >= 0.6 is 0 Å². The molecule has 3 rings (SSSR count). The number of carbonyl (C=O) groups excluding carboxylic acids is 1. The average molecular weight is 503 g/mol. The molecule has 2 atom stereocenters. The first kappa shape index (κ1) is 28.2. The third kappa shape index (κ3) is 7.34. The van der Waals surface area contributed by atoms with Crippen molar-refractivity contribution in [2.24, 2.45) is 5.92 Å². The van der Waals surface area contributed by atoms with E-state index in [0.717, 1.165) is 37.3 Å². The largest absolute Gasteiger partial charge is 0.396 e. The second kappa shape index (κ2) is 11.8. The van der Waals surface area contributed by atoms with Crippen LogP contribution in [0.25, 0.3) is 0 Å². The Labute approximate surface area is 213 Å². The molecule has 1 aliphatic rings. The maximum Gasteiger partial charge on any atom is 0.217 e. The van der Waals surface area contributed by atoms with Gasteiger partial charge in [-0.3, -0.25) is 4.79 Å². The van der Waals surface area contributed by atoms with Crippen molar-refractivity contribution in [2.75, 3.05) is 13.2 Å². The van der Waals surface area contributed by atoms with Crippen LogP contribution in [0.4, 0.5) is 8.78 Å². The molecule has 0 heterocycles. The monoisotopic (exact) mass is 502 g/mol. The second-order valence-electron chi connectivity index (χ2n) is 11.3. The fraction of sp³-hybridized carbons (Fsp3) is 0.552. The predicted molar refractivity (Wildman–Crippen MR) is 138 cm³/mol. The molecule has 2 aromatic carbocycles. The Morgan fingerprint density at radius 2 is 1.75 bits per heavy atom. The van der Waals surface area contributed by atoms with Crippen LogP contribution in [-0.2, 0) is 22.2 Å². The number of aliphatic hydroxyl groups excluding tert-OH is 2. The molecule has 0 bridgehead atoms. The van der Waals surface area contributed by atoms with Crippen LogP contribution in [0.1, 0.15) is 70.1 Å². The minimum absolute atomic E-state index is 0.0181. The first-order valence-electron chi connectivity index (χ1n) is 12.8. The number of rotatable bonds is 9. The smallest absolute Gasteiger partial charge is 0.217 e. The van der Waals surface area contributed by atoms with Crippen molar-refractivity contribution in [2.45, 2.75) is 82.9 Å². The van der Waals surface area contributed by atoms with Gasteiger partial charge in [-0.1, -0.05) is 45.0 Å². The molecule has 7 heteroatoms. The van der Waals surface area contributed by atoms with Crippen molar-refractivity contribution in [3.8, 4) is 0 Å². The van der Waals surface area contributed by atoms with Crippen molar-refractivity contribution in [3.05, 3.63) is 70.8 Å². The van der Waals surface area contributed by atoms with E-state index < -0.39 is 23.8 Å². The van der Waals surface area contributed by atoms with Gasteiger partial charge in [0.15, 0.2) is 0 Å². The highest BCUT2D eigenvalue weighted by molar-refractivity contribution is 5.73. The molecule has 1 fully saturated rings. The molecule has 2 unspecified atom stereocenters. The standard InChI is InChI=1S/C29H40F2N2O3/c1-19(35)33-26(14-21-12-24(30)16-25(31)13-21)27(36)17-32-29(10-8-20(18-34)9-11-29)23-7-5-6-22(15-23)28(2,3)4/h5-7,12-13,15-16,20,26-27,32,34,36H,8-11,14,17-18H2,1-4H3,(H,33,35). The van der Waals surface area contributed by atoms with E-state index >= 15 is 0 Å². The topological polar surface area (TPSA) is 81.6 Å². The molecular weight excluding hydrogens is 462 g/mol. The Kier molecular flexibility index (Phi) is 9.25. The zero-order chi connectivity index (χ0) is 26.5. The lowest BCUT2D eigenvalue weighted by Crippen LogP contribution is -2.53. The summed E-state index contributed by atoms with van der Waals surface area (Å²) < 4.78 is 27.5. The molecule has 1 aliphatic carbocycles. The van der Waals surface area contributed by atoms with Crippen LogP contribution in [0.2, 0.25) is 0 Å². The van der Waals surface area contributed by atoms with E-state index in [1.165, 1.54) is 24.6 Å². The number of hydrogen-bond donors (Lipinski definition) is 4. The lowest BCUT2D eigenvalue weighted by atomic mass is 9.71. The van der Waals surface area contributed by atoms with Crippen LogP contribution in [0.3, 0.4) is 0 Å². The maximum absolute atomic E-state index is 13.7. The van der Waals surface area contributed by atoms with Gasteiger partial charge in [-0.05, 0) is 72.3 Å². The molecular formula is C29H40F2N2O3. The van der Waals surface area contributed by atoms with E-state index in [-0.39, 0.29) is 42.4 Å². The summed E-state index contributed by atoms with van der Waals surface area (Å²) >= 11 is 0. The van der Waals surface area contributed by atoms with Gasteiger partial charge in [-0.15, -0.1) is 0 Å². The molecule has 5 nitrogen and oxygen atoms in total. The zero-order valence-corrected chi connectivity index (χ0v) is 21.8. The third-order valence-electron chi connectivity index (χ3n) is 7.38. The number of benzene rings is 2. The summed E-state index contributed by atoms with van der Waals surface area (Å²) in [6.07, 6.45) is 2.43. The predicted octanol–water partition coefficient (Wildman–Crippen LogP) is 4.34. The number of hydrogen-bond acceptors (Lipinski definition) is 4. The van der Waals surface area contributed by atoms with Crippen LogP contribution < -0.4 is 10.6 Å². The molecule has 0 aliphatic heterocycles. The van der Waals surface area contributed by atoms with Gasteiger partial charge in [-0.2, -0.15) is 0 Å². The fourth-order valence-corrected chi connectivity index (χ4v) is 5.17. The highest BCUT2D eigenvalue weighted by Gasteiger charge is 2.38. The molecule has 36 heavy (non-hydrogen) atoms. The molecule has 0 radical (unpaired) electrons. The van der Waals surface area contributed by atoms with Gasteiger partial charge in [0.25, 0.3) is 0 Å². The molecule has 2 aromatic rings. The molecule has 4 N–H and O–H groups in total. The Hall–Kier alpha value is -2.35. The van der Waals surface area contributed by atoms with E-state index in [1.807, 2.05) is 0 Å². The molecule has 1 amide bonds. The SMILES string of the molecule is CC(=O)NC(Cc1cc(F)cc(F)c1)C(O)CNC1(c2cccc(C(C)(C)C)c2)CCC(CO)CC1. The quantitative estimate of drug-likeness (QED) is 0.411. The van der Waals surface area contributed by atoms with Gasteiger partial charge < -0.3 is 20.8 Å².